The number of nitrogens with zero attached hydrogens (tertiary/aromatic N) is 2. The van der Waals surface area contributed by atoms with Gasteiger partial charge in [-0.1, -0.05) is 30.9 Å². The summed E-state index contributed by atoms with van der Waals surface area (Å²) < 4.78 is 0. The van der Waals surface area contributed by atoms with Crippen LogP contribution in [0.5, 0.6) is 0 Å². The number of non-ortho nitro benzene ring substituents is 1. The molecule has 1 saturated carbocycles. The van der Waals surface area contributed by atoms with Gasteiger partial charge in [0.2, 0.25) is 0 Å². The van der Waals surface area contributed by atoms with Crippen LogP contribution in [0.4, 0.5) is 5.69 Å². The molecule has 0 aromatic heterocycles. The van der Waals surface area contributed by atoms with Gasteiger partial charge in [-0.25, -0.2) is 5.43 Å². The normalized spacial score (nSPS) is 15.7. The highest BCUT2D eigenvalue weighted by molar-refractivity contribution is 6.33. The molecule has 1 aromatic rings. The van der Waals surface area contributed by atoms with Crippen molar-refractivity contribution in [1.82, 2.24) is 10.7 Å². The van der Waals surface area contributed by atoms with Crippen molar-refractivity contribution in [2.45, 2.75) is 38.1 Å². The molecule has 0 saturated heterocycles. The van der Waals surface area contributed by atoms with Gasteiger partial charge in [0.15, 0.2) is 0 Å². The van der Waals surface area contributed by atoms with E-state index in [1.165, 1.54) is 43.7 Å². The zero-order valence-electron chi connectivity index (χ0n) is 12.6. The minimum atomic E-state index is -0.514. The fourth-order valence-electron chi connectivity index (χ4n) is 2.50. The van der Waals surface area contributed by atoms with Crippen molar-refractivity contribution in [2.75, 3.05) is 6.54 Å². The summed E-state index contributed by atoms with van der Waals surface area (Å²) in [7, 11) is 0. The monoisotopic (exact) mass is 338 g/mol. The van der Waals surface area contributed by atoms with E-state index in [0.29, 0.717) is 16.6 Å². The largest absolute Gasteiger partial charge is 0.306 e. The van der Waals surface area contributed by atoms with Crippen molar-refractivity contribution >= 4 is 29.4 Å². The summed E-state index contributed by atoms with van der Waals surface area (Å²) in [5.74, 6) is -0.256. The van der Waals surface area contributed by atoms with E-state index in [9.17, 15) is 14.9 Å². The maximum Gasteiger partial charge on any atom is 0.270 e. The summed E-state index contributed by atoms with van der Waals surface area (Å²) in [6, 6.07) is 4.43. The summed E-state index contributed by atoms with van der Waals surface area (Å²) in [5.41, 5.74) is 2.68. The molecule has 0 unspecified atom stereocenters. The fourth-order valence-corrected chi connectivity index (χ4v) is 2.67. The number of carbonyl (C=O) groups excluding carboxylic acids is 1. The predicted molar refractivity (Wildman–Crippen MR) is 88.7 cm³/mol. The zero-order chi connectivity index (χ0) is 16.7. The second-order valence-corrected chi connectivity index (χ2v) is 5.88. The van der Waals surface area contributed by atoms with Crippen LogP contribution in [0.1, 0.15) is 37.7 Å². The van der Waals surface area contributed by atoms with Crippen molar-refractivity contribution in [3.8, 4) is 0 Å². The molecular formula is C15H19ClN4O3. The number of carbonyl (C=O) groups is 1. The number of rotatable bonds is 6. The van der Waals surface area contributed by atoms with E-state index in [2.05, 4.69) is 15.8 Å². The predicted octanol–water partition coefficient (Wildman–Crippen LogP) is 2.62. The van der Waals surface area contributed by atoms with Gasteiger partial charge in [-0.2, -0.15) is 5.10 Å². The van der Waals surface area contributed by atoms with Crippen molar-refractivity contribution < 1.29 is 9.72 Å². The number of nitro groups is 1. The highest BCUT2D eigenvalue weighted by atomic mass is 35.5. The number of nitro benzene ring substituents is 1. The van der Waals surface area contributed by atoms with Crippen LogP contribution in [-0.4, -0.2) is 29.6 Å². The minimum absolute atomic E-state index is 0.0823. The molecule has 0 heterocycles. The molecule has 124 valence electrons. The third kappa shape index (κ3) is 5.61. The van der Waals surface area contributed by atoms with Crippen molar-refractivity contribution in [1.29, 1.82) is 0 Å². The Morgan fingerprint density at radius 2 is 2.13 bits per heavy atom. The molecule has 7 nitrogen and oxygen atoms in total. The first-order valence-electron chi connectivity index (χ1n) is 7.55. The Hall–Kier alpha value is -1.99. The molecule has 23 heavy (non-hydrogen) atoms. The van der Waals surface area contributed by atoms with Crippen molar-refractivity contribution in [2.24, 2.45) is 5.10 Å². The molecule has 0 atom stereocenters. The lowest BCUT2D eigenvalue weighted by molar-refractivity contribution is -0.384. The van der Waals surface area contributed by atoms with Crippen LogP contribution < -0.4 is 10.7 Å². The van der Waals surface area contributed by atoms with Gasteiger partial charge in [-0.15, -0.1) is 0 Å². The van der Waals surface area contributed by atoms with Gasteiger partial charge < -0.3 is 5.32 Å². The van der Waals surface area contributed by atoms with E-state index in [4.69, 9.17) is 11.6 Å². The lowest BCUT2D eigenvalue weighted by atomic mass is 9.95. The van der Waals surface area contributed by atoms with Crippen LogP contribution in [0.15, 0.2) is 23.3 Å². The van der Waals surface area contributed by atoms with E-state index >= 15 is 0 Å². The highest BCUT2D eigenvalue weighted by Crippen LogP contribution is 2.20. The lowest BCUT2D eigenvalue weighted by Gasteiger charge is -2.22. The van der Waals surface area contributed by atoms with Crippen LogP contribution in [0, 0.1) is 10.1 Å². The number of halogens is 1. The number of hydrazone groups is 1. The van der Waals surface area contributed by atoms with Crippen molar-refractivity contribution in [3.63, 3.8) is 0 Å². The van der Waals surface area contributed by atoms with Gasteiger partial charge in [0, 0.05) is 28.8 Å². The smallest absolute Gasteiger partial charge is 0.270 e. The lowest BCUT2D eigenvalue weighted by Crippen LogP contribution is -2.38. The second kappa shape index (κ2) is 8.59. The minimum Gasteiger partial charge on any atom is -0.306 e. The molecule has 8 heteroatoms. The molecule has 1 aromatic carbocycles. The molecule has 2 N–H and O–H groups in total. The quantitative estimate of drug-likeness (QED) is 0.473. The Labute approximate surface area is 139 Å². The first kappa shape index (κ1) is 17.4. The van der Waals surface area contributed by atoms with E-state index < -0.39 is 4.92 Å². The van der Waals surface area contributed by atoms with E-state index in [1.807, 2.05) is 0 Å². The van der Waals surface area contributed by atoms with Crippen molar-refractivity contribution in [3.05, 3.63) is 38.9 Å². The number of amides is 1. The van der Waals surface area contributed by atoms with Crippen LogP contribution in [0.3, 0.4) is 0 Å². The Balaban J connectivity index is 1.82. The third-order valence-corrected chi connectivity index (χ3v) is 4.08. The molecule has 1 aliphatic rings. The first-order valence-corrected chi connectivity index (χ1v) is 7.93. The van der Waals surface area contributed by atoms with Crippen LogP contribution >= 0.6 is 11.6 Å². The van der Waals surface area contributed by atoms with E-state index in [-0.39, 0.29) is 18.1 Å². The van der Waals surface area contributed by atoms with Gasteiger partial charge in [-0.05, 0) is 18.9 Å². The average Bonchev–Trinajstić information content (AvgIpc) is 2.55. The summed E-state index contributed by atoms with van der Waals surface area (Å²) in [6.45, 7) is 0.199. The van der Waals surface area contributed by atoms with Gasteiger partial charge in [-0.3, -0.25) is 14.9 Å². The standard InChI is InChI=1S/C15H19ClN4O3/c16-14-7-6-13(20(22)23)8-11(14)9-18-19-15(21)10-17-12-4-2-1-3-5-12/h6-9,12,17H,1-5,10H2,(H,19,21). The first-order chi connectivity index (χ1) is 11.1. The molecule has 1 amide bonds. The van der Waals surface area contributed by atoms with E-state index in [0.717, 1.165) is 12.8 Å². The summed E-state index contributed by atoms with van der Waals surface area (Å²) in [4.78, 5) is 21.9. The molecule has 0 aliphatic heterocycles. The van der Waals surface area contributed by atoms with Gasteiger partial charge >= 0.3 is 0 Å². The number of benzene rings is 1. The van der Waals surface area contributed by atoms with Crippen LogP contribution in [0.2, 0.25) is 5.02 Å². The zero-order valence-corrected chi connectivity index (χ0v) is 13.4. The molecule has 0 spiro atoms. The molecule has 2 rings (SSSR count). The van der Waals surface area contributed by atoms with Gasteiger partial charge in [0.1, 0.15) is 0 Å². The molecule has 1 aliphatic carbocycles. The number of hydrogen-bond donors (Lipinski definition) is 2. The van der Waals surface area contributed by atoms with Crippen LogP contribution in [0.25, 0.3) is 0 Å². The SMILES string of the molecule is O=C(CNC1CCCCC1)NN=Cc1cc([N+](=O)[O-])ccc1Cl. The number of nitrogens with one attached hydrogen (secondary N) is 2. The summed E-state index contributed by atoms with van der Waals surface area (Å²) >= 11 is 5.94. The molecule has 1 fully saturated rings. The van der Waals surface area contributed by atoms with E-state index in [1.54, 1.807) is 0 Å². The maximum absolute atomic E-state index is 11.7. The number of hydrogen-bond acceptors (Lipinski definition) is 5. The molecular weight excluding hydrogens is 320 g/mol. The maximum atomic E-state index is 11.7. The Morgan fingerprint density at radius 1 is 1.39 bits per heavy atom. The second-order valence-electron chi connectivity index (χ2n) is 5.47. The molecule has 0 radical (unpaired) electrons. The Bertz CT molecular complexity index is 600. The van der Waals surface area contributed by atoms with Gasteiger partial charge in [0.25, 0.3) is 11.6 Å². The van der Waals surface area contributed by atoms with Crippen LogP contribution in [-0.2, 0) is 4.79 Å². The topological polar surface area (TPSA) is 96.6 Å². The average molecular weight is 339 g/mol. The fraction of sp³-hybridized carbons (Fsp3) is 0.467. The summed E-state index contributed by atoms with van der Waals surface area (Å²) in [6.07, 6.45) is 7.15. The molecule has 0 bridgehead atoms. The van der Waals surface area contributed by atoms with Gasteiger partial charge in [0.05, 0.1) is 17.7 Å². The third-order valence-electron chi connectivity index (χ3n) is 3.74. The Morgan fingerprint density at radius 3 is 2.83 bits per heavy atom. The highest BCUT2D eigenvalue weighted by Gasteiger charge is 2.13. The summed E-state index contributed by atoms with van der Waals surface area (Å²) in [5, 5.41) is 18.0. The Kier molecular flexibility index (Phi) is 6.49.